The first-order valence-corrected chi connectivity index (χ1v) is 9.21. The van der Waals surface area contributed by atoms with Crippen molar-refractivity contribution < 1.29 is 23.0 Å². The zero-order valence-electron chi connectivity index (χ0n) is 15.8. The lowest BCUT2D eigenvalue weighted by Gasteiger charge is -2.23. The van der Waals surface area contributed by atoms with Crippen LogP contribution >= 0.6 is 0 Å². The summed E-state index contributed by atoms with van der Waals surface area (Å²) < 4.78 is 38.1. The third kappa shape index (κ3) is 5.03. The maximum Gasteiger partial charge on any atom is 0.416 e. The molecular weight excluding hydrogens is 405 g/mol. The Hall–Kier alpha value is -3.21. The summed E-state index contributed by atoms with van der Waals surface area (Å²) in [7, 11) is 0. The monoisotopic (exact) mass is 424 g/mol. The van der Waals surface area contributed by atoms with E-state index in [0.29, 0.717) is 44.8 Å². The van der Waals surface area contributed by atoms with Crippen molar-refractivity contribution in [2.75, 3.05) is 31.1 Å². The molecule has 0 saturated carbocycles. The van der Waals surface area contributed by atoms with Gasteiger partial charge in [0.1, 0.15) is 5.69 Å². The molecule has 2 aromatic rings. The highest BCUT2D eigenvalue weighted by Gasteiger charge is 2.30. The van der Waals surface area contributed by atoms with Gasteiger partial charge in [-0.25, -0.2) is 0 Å². The Labute approximate surface area is 169 Å². The fourth-order valence-electron chi connectivity index (χ4n) is 3.47. The van der Waals surface area contributed by atoms with Gasteiger partial charge in [0.25, 0.3) is 11.4 Å². The number of non-ortho nitro benzene ring substituents is 1. The number of nitrogens with zero attached hydrogens (tertiary/aromatic N) is 4. The van der Waals surface area contributed by atoms with Gasteiger partial charge >= 0.3 is 6.18 Å². The Bertz CT molecular complexity index is 934. The summed E-state index contributed by atoms with van der Waals surface area (Å²) in [6.45, 7) is 2.68. The van der Waals surface area contributed by atoms with Crippen LogP contribution in [0.15, 0.2) is 42.5 Å². The minimum Gasteiger partial charge on any atom is -0.365 e. The Morgan fingerprint density at radius 1 is 0.900 bits per heavy atom. The van der Waals surface area contributed by atoms with Crippen LogP contribution < -0.4 is 4.90 Å². The molecule has 1 fully saturated rings. The number of rotatable bonds is 5. The second kappa shape index (κ2) is 8.66. The van der Waals surface area contributed by atoms with Gasteiger partial charge in [-0.1, -0.05) is 12.1 Å². The second-order valence-electron chi connectivity index (χ2n) is 7.00. The van der Waals surface area contributed by atoms with Crippen LogP contribution in [0, 0.1) is 20.2 Å². The lowest BCUT2D eigenvalue weighted by Crippen LogP contribution is -2.30. The van der Waals surface area contributed by atoms with Crippen LogP contribution in [-0.4, -0.2) is 40.9 Å². The topological polar surface area (TPSA) is 92.8 Å². The fraction of sp³-hybridized carbons (Fsp3) is 0.368. The third-order valence-electron chi connectivity index (χ3n) is 4.98. The van der Waals surface area contributed by atoms with Crippen LogP contribution in [0.3, 0.4) is 0 Å². The van der Waals surface area contributed by atoms with Crippen molar-refractivity contribution in [3.63, 3.8) is 0 Å². The number of anilines is 1. The van der Waals surface area contributed by atoms with Crippen molar-refractivity contribution in [2.24, 2.45) is 0 Å². The fourth-order valence-corrected chi connectivity index (χ4v) is 3.47. The largest absolute Gasteiger partial charge is 0.416 e. The molecule has 0 aromatic heterocycles. The van der Waals surface area contributed by atoms with E-state index < -0.39 is 21.6 Å². The number of hydrogen-bond donors (Lipinski definition) is 0. The molecule has 1 saturated heterocycles. The Morgan fingerprint density at radius 3 is 2.20 bits per heavy atom. The van der Waals surface area contributed by atoms with Crippen LogP contribution in [0.5, 0.6) is 0 Å². The maximum absolute atomic E-state index is 12.7. The van der Waals surface area contributed by atoms with Crippen molar-refractivity contribution in [3.05, 3.63) is 73.8 Å². The summed E-state index contributed by atoms with van der Waals surface area (Å²) in [4.78, 5) is 24.9. The van der Waals surface area contributed by atoms with Gasteiger partial charge < -0.3 is 4.90 Å². The van der Waals surface area contributed by atoms with Crippen LogP contribution in [0.25, 0.3) is 0 Å². The number of halogens is 3. The van der Waals surface area contributed by atoms with E-state index in [1.54, 1.807) is 0 Å². The van der Waals surface area contributed by atoms with E-state index in [1.165, 1.54) is 24.3 Å². The molecule has 0 radical (unpaired) electrons. The molecule has 0 amide bonds. The van der Waals surface area contributed by atoms with Gasteiger partial charge in [0.2, 0.25) is 0 Å². The predicted molar refractivity (Wildman–Crippen MR) is 103 cm³/mol. The smallest absolute Gasteiger partial charge is 0.365 e. The van der Waals surface area contributed by atoms with E-state index in [2.05, 4.69) is 4.90 Å². The SMILES string of the molecule is O=[N+]([O-])c1ccc(N2CCCN(Cc3ccc(C(F)(F)F)cc3)CC2)c([N+](=O)[O-])c1. The lowest BCUT2D eigenvalue weighted by molar-refractivity contribution is -0.393. The van der Waals surface area contributed by atoms with Crippen molar-refractivity contribution in [1.82, 2.24) is 4.90 Å². The number of hydrogen-bond acceptors (Lipinski definition) is 6. The molecule has 0 N–H and O–H groups in total. The standard InChI is InChI=1S/C19H19F3N4O4/c20-19(21,22)15-4-2-14(3-5-15)13-23-8-1-9-24(11-10-23)17-7-6-16(25(27)28)12-18(17)26(29)30/h2-7,12H,1,8-11,13H2. The highest BCUT2D eigenvalue weighted by Crippen LogP contribution is 2.33. The predicted octanol–water partition coefficient (Wildman–Crippen LogP) is 4.23. The van der Waals surface area contributed by atoms with Gasteiger partial charge in [-0.2, -0.15) is 13.2 Å². The van der Waals surface area contributed by atoms with E-state index in [-0.39, 0.29) is 11.4 Å². The molecule has 0 spiro atoms. The first-order chi connectivity index (χ1) is 14.1. The first kappa shape index (κ1) is 21.5. The molecule has 0 atom stereocenters. The average Bonchev–Trinajstić information content (AvgIpc) is 2.92. The van der Waals surface area contributed by atoms with Gasteiger partial charge in [-0.3, -0.25) is 25.1 Å². The summed E-state index contributed by atoms with van der Waals surface area (Å²) in [5.41, 5.74) is -0.289. The molecule has 3 rings (SSSR count). The molecule has 8 nitrogen and oxygen atoms in total. The molecule has 30 heavy (non-hydrogen) atoms. The molecule has 0 unspecified atom stereocenters. The average molecular weight is 424 g/mol. The van der Waals surface area contributed by atoms with Crippen molar-refractivity contribution >= 4 is 17.1 Å². The minimum atomic E-state index is -4.37. The molecule has 0 bridgehead atoms. The maximum atomic E-state index is 12.7. The summed E-state index contributed by atoms with van der Waals surface area (Å²) >= 11 is 0. The summed E-state index contributed by atoms with van der Waals surface area (Å²) in [6.07, 6.45) is -3.68. The molecule has 2 aromatic carbocycles. The lowest BCUT2D eigenvalue weighted by atomic mass is 10.1. The van der Waals surface area contributed by atoms with Crippen LogP contribution in [0.1, 0.15) is 17.5 Å². The summed E-state index contributed by atoms with van der Waals surface area (Å²) in [6, 6.07) is 8.61. The van der Waals surface area contributed by atoms with Gasteiger partial charge in [0.05, 0.1) is 21.5 Å². The molecule has 1 aliphatic heterocycles. The molecule has 11 heteroatoms. The number of alkyl halides is 3. The van der Waals surface area contributed by atoms with Crippen molar-refractivity contribution in [2.45, 2.75) is 19.1 Å². The number of nitro benzene ring substituents is 2. The molecule has 160 valence electrons. The molecular formula is C19H19F3N4O4. The van der Waals surface area contributed by atoms with Crippen molar-refractivity contribution in [1.29, 1.82) is 0 Å². The Balaban J connectivity index is 1.69. The Kier molecular flexibility index (Phi) is 6.20. The van der Waals surface area contributed by atoms with E-state index in [0.717, 1.165) is 23.8 Å². The third-order valence-corrected chi connectivity index (χ3v) is 4.98. The zero-order valence-corrected chi connectivity index (χ0v) is 15.8. The zero-order chi connectivity index (χ0) is 21.9. The van der Waals surface area contributed by atoms with E-state index in [1.807, 2.05) is 4.90 Å². The van der Waals surface area contributed by atoms with Gasteiger partial charge in [-0.05, 0) is 30.2 Å². The highest BCUT2D eigenvalue weighted by molar-refractivity contribution is 5.66. The van der Waals surface area contributed by atoms with E-state index >= 15 is 0 Å². The molecule has 1 heterocycles. The number of nitro groups is 2. The van der Waals surface area contributed by atoms with E-state index in [9.17, 15) is 33.4 Å². The summed E-state index contributed by atoms with van der Waals surface area (Å²) in [5, 5.41) is 22.3. The number of benzene rings is 2. The summed E-state index contributed by atoms with van der Waals surface area (Å²) in [5.74, 6) is 0. The molecule has 1 aliphatic rings. The Morgan fingerprint density at radius 2 is 1.60 bits per heavy atom. The van der Waals surface area contributed by atoms with Crippen LogP contribution in [0.2, 0.25) is 0 Å². The highest BCUT2D eigenvalue weighted by atomic mass is 19.4. The second-order valence-corrected chi connectivity index (χ2v) is 7.00. The van der Waals surface area contributed by atoms with Crippen LogP contribution in [0.4, 0.5) is 30.2 Å². The quantitative estimate of drug-likeness (QED) is 0.527. The van der Waals surface area contributed by atoms with Crippen LogP contribution in [-0.2, 0) is 12.7 Å². The van der Waals surface area contributed by atoms with Gasteiger partial charge in [-0.15, -0.1) is 0 Å². The van der Waals surface area contributed by atoms with Gasteiger partial charge in [0.15, 0.2) is 0 Å². The normalized spacial score (nSPS) is 15.6. The molecule has 0 aliphatic carbocycles. The van der Waals surface area contributed by atoms with Gasteiger partial charge in [0, 0.05) is 38.8 Å². The van der Waals surface area contributed by atoms with Crippen molar-refractivity contribution in [3.8, 4) is 0 Å². The van der Waals surface area contributed by atoms with E-state index in [4.69, 9.17) is 0 Å². The minimum absolute atomic E-state index is 0.319. The first-order valence-electron chi connectivity index (χ1n) is 9.21.